The number of halogens is 1. The molecular weight excluding hydrogens is 338 g/mol. The van der Waals surface area contributed by atoms with E-state index in [0.717, 1.165) is 12.8 Å². The zero-order valence-electron chi connectivity index (χ0n) is 13.5. The fourth-order valence-corrected chi connectivity index (χ4v) is 3.25. The number of amides is 1. The molecule has 3 aromatic rings. The van der Waals surface area contributed by atoms with Crippen molar-refractivity contribution in [3.8, 4) is 11.5 Å². The minimum absolute atomic E-state index is 0.0673. The van der Waals surface area contributed by atoms with Gasteiger partial charge in [0, 0.05) is 16.1 Å². The van der Waals surface area contributed by atoms with Crippen molar-refractivity contribution in [3.05, 3.63) is 64.2 Å². The molecule has 0 bridgehead atoms. The Kier molecular flexibility index (Phi) is 4.24. The Morgan fingerprint density at radius 2 is 1.88 bits per heavy atom. The molecule has 0 saturated heterocycles. The van der Waals surface area contributed by atoms with Crippen LogP contribution in [0.5, 0.6) is 0 Å². The van der Waals surface area contributed by atoms with Gasteiger partial charge in [0.15, 0.2) is 0 Å². The van der Waals surface area contributed by atoms with Gasteiger partial charge < -0.3 is 4.42 Å². The summed E-state index contributed by atoms with van der Waals surface area (Å²) in [7, 11) is 0. The number of hydrogen-bond donors (Lipinski definition) is 1. The monoisotopic (exact) mass is 353 g/mol. The molecule has 2 aromatic carbocycles. The van der Waals surface area contributed by atoms with E-state index in [0.29, 0.717) is 22.0 Å². The molecule has 0 spiro atoms. The highest BCUT2D eigenvalue weighted by Crippen LogP contribution is 2.24. The Morgan fingerprint density at radius 3 is 2.72 bits per heavy atom. The Morgan fingerprint density at radius 1 is 1.04 bits per heavy atom. The van der Waals surface area contributed by atoms with Gasteiger partial charge in [0.05, 0.1) is 0 Å². The third kappa shape index (κ3) is 3.42. The maximum atomic E-state index is 12.4. The van der Waals surface area contributed by atoms with Gasteiger partial charge in [-0.05, 0) is 67.1 Å². The van der Waals surface area contributed by atoms with Gasteiger partial charge in [-0.25, -0.2) is 0 Å². The normalized spacial score (nSPS) is 13.3. The highest BCUT2D eigenvalue weighted by molar-refractivity contribution is 6.30. The summed E-state index contributed by atoms with van der Waals surface area (Å²) >= 11 is 5.96. The molecule has 25 heavy (non-hydrogen) atoms. The highest BCUT2D eigenvalue weighted by atomic mass is 35.5. The van der Waals surface area contributed by atoms with Crippen LogP contribution in [0.15, 0.2) is 46.9 Å². The first-order valence-corrected chi connectivity index (χ1v) is 8.59. The zero-order valence-corrected chi connectivity index (χ0v) is 14.2. The molecule has 1 aromatic heterocycles. The molecule has 4 rings (SSSR count). The van der Waals surface area contributed by atoms with E-state index in [-0.39, 0.29) is 11.9 Å². The standard InChI is InChI=1S/C19H16ClN3O2/c20-16-7-3-6-15(11-16)18-22-23-19(25-18)21-17(24)14-9-8-12-4-1-2-5-13(12)10-14/h3,6-11H,1-2,4-5H2,(H,21,23,24). The van der Waals surface area contributed by atoms with Gasteiger partial charge in [0.2, 0.25) is 5.89 Å². The topological polar surface area (TPSA) is 68.0 Å². The molecule has 1 aliphatic carbocycles. The molecule has 0 radical (unpaired) electrons. The Balaban J connectivity index is 1.52. The van der Waals surface area contributed by atoms with E-state index in [4.69, 9.17) is 16.0 Å². The number of aromatic nitrogens is 2. The second-order valence-corrected chi connectivity index (χ2v) is 6.50. The molecule has 0 fully saturated rings. The van der Waals surface area contributed by atoms with Crippen molar-refractivity contribution in [2.75, 3.05) is 5.32 Å². The van der Waals surface area contributed by atoms with Crippen LogP contribution in [-0.2, 0) is 12.8 Å². The first-order chi connectivity index (χ1) is 12.2. The summed E-state index contributed by atoms with van der Waals surface area (Å²) in [5.74, 6) is 0.0536. The average molecular weight is 354 g/mol. The van der Waals surface area contributed by atoms with Gasteiger partial charge in [-0.1, -0.05) is 28.8 Å². The molecule has 5 nitrogen and oxygen atoms in total. The summed E-state index contributed by atoms with van der Waals surface area (Å²) in [6.45, 7) is 0. The number of carbonyl (C=O) groups excluding carboxylic acids is 1. The number of benzene rings is 2. The third-order valence-corrected chi connectivity index (χ3v) is 4.56. The summed E-state index contributed by atoms with van der Waals surface area (Å²) in [6, 6.07) is 13.0. The van der Waals surface area contributed by atoms with Crippen LogP contribution in [0.25, 0.3) is 11.5 Å². The van der Waals surface area contributed by atoms with Gasteiger partial charge >= 0.3 is 6.01 Å². The first-order valence-electron chi connectivity index (χ1n) is 8.22. The number of rotatable bonds is 3. The third-order valence-electron chi connectivity index (χ3n) is 4.33. The number of anilines is 1. The minimum Gasteiger partial charge on any atom is -0.403 e. The molecule has 0 atom stereocenters. The Hall–Kier alpha value is -2.66. The van der Waals surface area contributed by atoms with Crippen LogP contribution in [-0.4, -0.2) is 16.1 Å². The van der Waals surface area contributed by atoms with Crippen molar-refractivity contribution >= 4 is 23.5 Å². The summed E-state index contributed by atoms with van der Waals surface area (Å²) < 4.78 is 5.52. The van der Waals surface area contributed by atoms with Crippen LogP contribution in [0.2, 0.25) is 5.02 Å². The second kappa shape index (κ2) is 6.69. The van der Waals surface area contributed by atoms with E-state index in [2.05, 4.69) is 15.5 Å². The van der Waals surface area contributed by atoms with Crippen molar-refractivity contribution < 1.29 is 9.21 Å². The van der Waals surface area contributed by atoms with Gasteiger partial charge in [-0.2, -0.15) is 0 Å². The fourth-order valence-electron chi connectivity index (χ4n) is 3.06. The van der Waals surface area contributed by atoms with Crippen molar-refractivity contribution in [3.63, 3.8) is 0 Å². The van der Waals surface area contributed by atoms with Crippen LogP contribution in [0, 0.1) is 0 Å². The SMILES string of the molecule is O=C(Nc1nnc(-c2cccc(Cl)c2)o1)c1ccc2c(c1)CCCC2. The maximum absolute atomic E-state index is 12.4. The van der Waals surface area contributed by atoms with Gasteiger partial charge in [0.25, 0.3) is 5.91 Å². The summed E-state index contributed by atoms with van der Waals surface area (Å²) in [5.41, 5.74) is 3.89. The molecule has 0 aliphatic heterocycles. The van der Waals surface area contributed by atoms with E-state index >= 15 is 0 Å². The zero-order chi connectivity index (χ0) is 17.2. The van der Waals surface area contributed by atoms with Crippen LogP contribution < -0.4 is 5.32 Å². The lowest BCUT2D eigenvalue weighted by Crippen LogP contribution is -2.13. The van der Waals surface area contributed by atoms with Crippen molar-refractivity contribution in [2.24, 2.45) is 0 Å². The van der Waals surface area contributed by atoms with E-state index in [9.17, 15) is 4.79 Å². The number of nitrogens with one attached hydrogen (secondary N) is 1. The largest absolute Gasteiger partial charge is 0.403 e. The van der Waals surface area contributed by atoms with Gasteiger partial charge in [-0.3, -0.25) is 10.1 Å². The molecule has 1 aliphatic rings. The van der Waals surface area contributed by atoms with E-state index in [1.165, 1.54) is 24.0 Å². The lowest BCUT2D eigenvalue weighted by molar-refractivity contribution is 0.102. The van der Waals surface area contributed by atoms with Crippen LogP contribution in [0.4, 0.5) is 6.01 Å². The predicted molar refractivity (Wildman–Crippen MR) is 95.8 cm³/mol. The van der Waals surface area contributed by atoms with E-state index in [1.807, 2.05) is 24.3 Å². The maximum Gasteiger partial charge on any atom is 0.322 e. The molecule has 1 amide bonds. The highest BCUT2D eigenvalue weighted by Gasteiger charge is 2.16. The van der Waals surface area contributed by atoms with Crippen LogP contribution in [0.3, 0.4) is 0 Å². The van der Waals surface area contributed by atoms with E-state index < -0.39 is 0 Å². The molecule has 6 heteroatoms. The lowest BCUT2D eigenvalue weighted by atomic mass is 9.90. The summed E-state index contributed by atoms with van der Waals surface area (Å²) in [4.78, 5) is 12.4. The Labute approximate surface area is 150 Å². The summed E-state index contributed by atoms with van der Waals surface area (Å²) in [5, 5.41) is 11.1. The second-order valence-electron chi connectivity index (χ2n) is 6.07. The predicted octanol–water partition coefficient (Wildman–Crippen LogP) is 4.52. The first kappa shape index (κ1) is 15.8. The molecule has 0 unspecified atom stereocenters. The number of fused-ring (bicyclic) bond motifs is 1. The van der Waals surface area contributed by atoms with Gasteiger partial charge in [-0.15, -0.1) is 5.10 Å². The lowest BCUT2D eigenvalue weighted by Gasteiger charge is -2.16. The summed E-state index contributed by atoms with van der Waals surface area (Å²) in [6.07, 6.45) is 4.50. The smallest absolute Gasteiger partial charge is 0.322 e. The molecule has 1 heterocycles. The molecule has 1 N–H and O–H groups in total. The number of nitrogens with zero attached hydrogens (tertiary/aromatic N) is 2. The van der Waals surface area contributed by atoms with Crippen LogP contribution in [0.1, 0.15) is 34.3 Å². The van der Waals surface area contributed by atoms with Crippen molar-refractivity contribution in [1.82, 2.24) is 10.2 Å². The molecular formula is C19H16ClN3O2. The quantitative estimate of drug-likeness (QED) is 0.751. The Bertz CT molecular complexity index is 936. The molecule has 0 saturated carbocycles. The molecule has 126 valence electrons. The van der Waals surface area contributed by atoms with Crippen molar-refractivity contribution in [2.45, 2.75) is 25.7 Å². The number of carbonyl (C=O) groups is 1. The number of aryl methyl sites for hydroxylation is 2. The minimum atomic E-state index is -0.255. The van der Waals surface area contributed by atoms with Crippen LogP contribution >= 0.6 is 11.6 Å². The van der Waals surface area contributed by atoms with E-state index in [1.54, 1.807) is 18.2 Å². The fraction of sp³-hybridized carbons (Fsp3) is 0.211. The number of hydrogen-bond acceptors (Lipinski definition) is 4. The van der Waals surface area contributed by atoms with Crippen molar-refractivity contribution in [1.29, 1.82) is 0 Å². The average Bonchev–Trinajstić information content (AvgIpc) is 3.10. The van der Waals surface area contributed by atoms with Gasteiger partial charge in [0.1, 0.15) is 0 Å².